The lowest BCUT2D eigenvalue weighted by Gasteiger charge is -2.33. The van der Waals surface area contributed by atoms with E-state index in [4.69, 9.17) is 9.47 Å². The van der Waals surface area contributed by atoms with Gasteiger partial charge in [0, 0.05) is 11.8 Å². The average molecular weight is 484 g/mol. The van der Waals surface area contributed by atoms with Gasteiger partial charge in [-0.05, 0) is 64.3 Å². The van der Waals surface area contributed by atoms with Gasteiger partial charge in [0.2, 0.25) is 5.95 Å². The molecule has 0 saturated carbocycles. The molecular weight excluding hydrogens is 450 g/mol. The molecule has 2 amide bonds. The van der Waals surface area contributed by atoms with E-state index in [0.29, 0.717) is 29.0 Å². The minimum Gasteiger partial charge on any atom is -0.490 e. The molecular formula is C25H33N5O5. The zero-order valence-corrected chi connectivity index (χ0v) is 21.3. The molecule has 2 N–H and O–H groups in total. The lowest BCUT2D eigenvalue weighted by atomic mass is 9.91. The third-order valence-electron chi connectivity index (χ3n) is 4.66. The van der Waals surface area contributed by atoms with E-state index in [9.17, 15) is 14.9 Å². The van der Waals surface area contributed by atoms with Gasteiger partial charge in [-0.25, -0.2) is 19.6 Å². The van der Waals surface area contributed by atoms with Crippen molar-refractivity contribution in [3.8, 4) is 23.1 Å². The van der Waals surface area contributed by atoms with Crippen LogP contribution in [0.3, 0.4) is 0 Å². The summed E-state index contributed by atoms with van der Waals surface area (Å²) in [5.74, 6) is 0.729. The highest BCUT2D eigenvalue weighted by atomic mass is 16.6. The Balaban J connectivity index is 2.22. The van der Waals surface area contributed by atoms with E-state index < -0.39 is 23.3 Å². The van der Waals surface area contributed by atoms with Crippen LogP contribution >= 0.6 is 0 Å². The highest BCUT2D eigenvalue weighted by Crippen LogP contribution is 2.27. The molecule has 0 spiro atoms. The molecule has 0 bridgehead atoms. The lowest BCUT2D eigenvalue weighted by molar-refractivity contribution is 0.0408. The number of ether oxygens (including phenoxy) is 3. The van der Waals surface area contributed by atoms with Crippen LogP contribution in [0.5, 0.6) is 5.75 Å². The Kier molecular flexibility index (Phi) is 9.00. The van der Waals surface area contributed by atoms with Crippen molar-refractivity contribution < 1.29 is 23.8 Å². The number of nitrogens with one attached hydrogen (secondary N) is 2. The Morgan fingerprint density at radius 3 is 2.46 bits per heavy atom. The van der Waals surface area contributed by atoms with Crippen molar-refractivity contribution in [2.75, 3.05) is 19.0 Å². The van der Waals surface area contributed by atoms with E-state index in [2.05, 4.69) is 45.3 Å². The van der Waals surface area contributed by atoms with Gasteiger partial charge in [-0.3, -0.25) is 5.32 Å². The molecule has 1 atom stereocenters. The Hall–Kier alpha value is -3.87. The molecule has 2 aromatic rings. The molecule has 1 aromatic heterocycles. The molecule has 1 heterocycles. The molecule has 10 heteroatoms. The van der Waals surface area contributed by atoms with Gasteiger partial charge in [0.05, 0.1) is 23.9 Å². The topological polar surface area (TPSA) is 135 Å². The van der Waals surface area contributed by atoms with Gasteiger partial charge < -0.3 is 19.5 Å². The van der Waals surface area contributed by atoms with Crippen molar-refractivity contribution >= 4 is 18.1 Å². The zero-order valence-electron chi connectivity index (χ0n) is 21.3. The van der Waals surface area contributed by atoms with Gasteiger partial charge in [-0.15, -0.1) is 0 Å². The van der Waals surface area contributed by atoms with Crippen LogP contribution in [-0.2, 0) is 9.47 Å². The fourth-order valence-corrected chi connectivity index (χ4v) is 3.46. The maximum atomic E-state index is 12.4. The number of nitrogens with zero attached hydrogens (tertiary/aromatic N) is 3. The molecule has 0 aliphatic rings. The van der Waals surface area contributed by atoms with Crippen molar-refractivity contribution in [1.82, 2.24) is 15.3 Å². The van der Waals surface area contributed by atoms with E-state index in [1.165, 1.54) is 13.3 Å². The van der Waals surface area contributed by atoms with E-state index in [-0.39, 0.29) is 18.5 Å². The summed E-state index contributed by atoms with van der Waals surface area (Å²) in [6.45, 7) is 11.5. The Morgan fingerprint density at radius 2 is 1.86 bits per heavy atom. The van der Waals surface area contributed by atoms with Crippen molar-refractivity contribution in [2.24, 2.45) is 5.92 Å². The largest absolute Gasteiger partial charge is 0.490 e. The van der Waals surface area contributed by atoms with Crippen LogP contribution < -0.4 is 15.4 Å². The Bertz CT molecular complexity index is 1090. The maximum absolute atomic E-state index is 12.4. The number of hydrogen-bond donors (Lipinski definition) is 2. The van der Waals surface area contributed by atoms with Crippen LogP contribution in [-0.4, -0.2) is 47.0 Å². The Morgan fingerprint density at radius 1 is 1.14 bits per heavy atom. The fourth-order valence-electron chi connectivity index (χ4n) is 3.46. The standard InChI is InChI=1S/C25H33N5O5/c1-16(2)13-25(6,30-23(32)35-24(3,4)5)15-34-20-9-8-17(12-18(20)14-26)19-10-11-27-21(28-19)29-22(31)33-7/h8-12,16H,13,15H2,1-7H3,(H,30,32)(H,27,28,29,31). The van der Waals surface area contributed by atoms with Gasteiger partial charge in [0.15, 0.2) is 0 Å². The number of amides is 2. The monoisotopic (exact) mass is 483 g/mol. The first-order valence-corrected chi connectivity index (χ1v) is 11.2. The summed E-state index contributed by atoms with van der Waals surface area (Å²) in [7, 11) is 1.24. The van der Waals surface area contributed by atoms with Crippen molar-refractivity contribution in [2.45, 2.75) is 59.1 Å². The predicted molar refractivity (Wildman–Crippen MR) is 131 cm³/mol. The molecule has 1 aromatic carbocycles. The van der Waals surface area contributed by atoms with Crippen LogP contribution in [0.2, 0.25) is 0 Å². The first-order valence-electron chi connectivity index (χ1n) is 11.2. The second-order valence-corrected chi connectivity index (χ2v) is 9.78. The minimum absolute atomic E-state index is 0.0749. The third kappa shape index (κ3) is 8.77. The lowest BCUT2D eigenvalue weighted by Crippen LogP contribution is -2.52. The number of hydrogen-bond acceptors (Lipinski definition) is 8. The van der Waals surface area contributed by atoms with Gasteiger partial charge in [-0.2, -0.15) is 5.26 Å². The number of carbonyl (C=O) groups is 2. The second kappa shape index (κ2) is 11.5. The summed E-state index contributed by atoms with van der Waals surface area (Å²) in [6.07, 6.45) is 0.917. The highest BCUT2D eigenvalue weighted by molar-refractivity contribution is 5.82. The molecule has 1 unspecified atom stereocenters. The molecule has 0 radical (unpaired) electrons. The number of anilines is 1. The second-order valence-electron chi connectivity index (χ2n) is 9.78. The number of benzene rings is 1. The van der Waals surface area contributed by atoms with Crippen LogP contribution in [0.15, 0.2) is 30.5 Å². The van der Waals surface area contributed by atoms with Crippen molar-refractivity contribution in [1.29, 1.82) is 5.26 Å². The highest BCUT2D eigenvalue weighted by Gasteiger charge is 2.31. The maximum Gasteiger partial charge on any atom is 0.413 e. The Labute approximate surface area is 206 Å². The van der Waals surface area contributed by atoms with E-state index in [1.54, 1.807) is 45.0 Å². The smallest absolute Gasteiger partial charge is 0.413 e. The number of methoxy groups -OCH3 is 1. The summed E-state index contributed by atoms with van der Waals surface area (Å²) < 4.78 is 16.0. The number of aromatic nitrogens is 2. The molecule has 0 saturated heterocycles. The predicted octanol–water partition coefficient (Wildman–Crippen LogP) is 4.90. The SMILES string of the molecule is COC(=O)Nc1nccc(-c2ccc(OCC(C)(CC(C)C)NC(=O)OC(C)(C)C)c(C#N)c2)n1. The van der Waals surface area contributed by atoms with Crippen LogP contribution in [0.4, 0.5) is 15.5 Å². The van der Waals surface area contributed by atoms with Gasteiger partial charge in [0.25, 0.3) is 0 Å². The first kappa shape index (κ1) is 27.4. The number of carbonyl (C=O) groups excluding carboxylic acids is 2. The molecule has 10 nitrogen and oxygen atoms in total. The summed E-state index contributed by atoms with van der Waals surface area (Å²) >= 11 is 0. The van der Waals surface area contributed by atoms with Crippen LogP contribution in [0.1, 0.15) is 53.5 Å². The molecule has 0 aliphatic heterocycles. The minimum atomic E-state index is -0.719. The van der Waals surface area contributed by atoms with Crippen LogP contribution in [0.25, 0.3) is 11.3 Å². The van der Waals surface area contributed by atoms with E-state index >= 15 is 0 Å². The van der Waals surface area contributed by atoms with Crippen molar-refractivity contribution in [3.63, 3.8) is 0 Å². The molecule has 2 rings (SSSR count). The molecule has 0 aliphatic carbocycles. The first-order chi connectivity index (χ1) is 16.3. The quantitative estimate of drug-likeness (QED) is 0.541. The number of nitriles is 1. The van der Waals surface area contributed by atoms with E-state index in [1.807, 2.05) is 6.92 Å². The van der Waals surface area contributed by atoms with Crippen LogP contribution in [0, 0.1) is 17.2 Å². The molecule has 0 fully saturated rings. The summed E-state index contributed by atoms with van der Waals surface area (Å²) in [5, 5.41) is 15.0. The average Bonchev–Trinajstić information content (AvgIpc) is 2.75. The molecule has 35 heavy (non-hydrogen) atoms. The summed E-state index contributed by atoms with van der Waals surface area (Å²) in [6, 6.07) is 8.86. The van der Waals surface area contributed by atoms with Gasteiger partial charge in [0.1, 0.15) is 24.0 Å². The van der Waals surface area contributed by atoms with Crippen molar-refractivity contribution in [3.05, 3.63) is 36.0 Å². The van der Waals surface area contributed by atoms with E-state index in [0.717, 1.165) is 0 Å². The summed E-state index contributed by atoms with van der Waals surface area (Å²) in [5.41, 5.74) is 0.100. The summed E-state index contributed by atoms with van der Waals surface area (Å²) in [4.78, 5) is 32.1. The fraction of sp³-hybridized carbons (Fsp3) is 0.480. The number of alkyl carbamates (subject to hydrolysis) is 1. The zero-order chi connectivity index (χ0) is 26.2. The number of rotatable bonds is 8. The van der Waals surface area contributed by atoms with Gasteiger partial charge in [-0.1, -0.05) is 13.8 Å². The normalized spacial score (nSPS) is 12.8. The third-order valence-corrected chi connectivity index (χ3v) is 4.66. The van der Waals surface area contributed by atoms with Gasteiger partial charge >= 0.3 is 12.2 Å². The molecule has 188 valence electrons.